The molecule has 0 unspecified atom stereocenters. The first-order chi connectivity index (χ1) is 10.2. The van der Waals surface area contributed by atoms with Crippen molar-refractivity contribution in [1.82, 2.24) is 9.88 Å². The van der Waals surface area contributed by atoms with E-state index in [4.69, 9.17) is 4.74 Å². The summed E-state index contributed by atoms with van der Waals surface area (Å²) in [5.74, 6) is 0.844. The maximum absolute atomic E-state index is 5.47. The lowest BCUT2D eigenvalue weighted by Gasteiger charge is -2.41. The van der Waals surface area contributed by atoms with Gasteiger partial charge in [-0.2, -0.15) is 0 Å². The van der Waals surface area contributed by atoms with Crippen molar-refractivity contribution in [3.8, 4) is 5.75 Å². The fourth-order valence-electron chi connectivity index (χ4n) is 3.05. The van der Waals surface area contributed by atoms with Gasteiger partial charge in [0.2, 0.25) is 0 Å². The second kappa shape index (κ2) is 5.53. The lowest BCUT2D eigenvalue weighted by Crippen LogP contribution is -2.45. The van der Waals surface area contributed by atoms with Gasteiger partial charge in [0.1, 0.15) is 11.3 Å². The Kier molecular flexibility index (Phi) is 3.72. The lowest BCUT2D eigenvalue weighted by molar-refractivity contribution is 0.259. The number of benzene rings is 1. The van der Waals surface area contributed by atoms with Crippen LogP contribution in [0.15, 0.2) is 24.4 Å². The molecular weight excluding hydrogens is 262 g/mol. The highest BCUT2D eigenvalue weighted by Gasteiger charge is 2.26. The fraction of sp³-hybridized carbons (Fsp3) is 0.471. The van der Waals surface area contributed by atoms with Crippen molar-refractivity contribution in [3.05, 3.63) is 30.0 Å². The molecule has 21 heavy (non-hydrogen) atoms. The van der Waals surface area contributed by atoms with Crippen LogP contribution in [0.4, 0.5) is 5.69 Å². The summed E-state index contributed by atoms with van der Waals surface area (Å²) in [7, 11) is 1.70. The van der Waals surface area contributed by atoms with Crippen LogP contribution < -0.4 is 9.64 Å². The van der Waals surface area contributed by atoms with Gasteiger partial charge in [-0.1, -0.05) is 19.1 Å². The first kappa shape index (κ1) is 14.1. The average Bonchev–Trinajstić information content (AvgIpc) is 2.52. The highest BCUT2D eigenvalue weighted by atomic mass is 16.5. The number of methoxy groups -OCH3 is 1. The number of pyridine rings is 1. The molecule has 3 rings (SSSR count). The first-order valence-electron chi connectivity index (χ1n) is 7.59. The van der Waals surface area contributed by atoms with Gasteiger partial charge < -0.3 is 9.64 Å². The Labute approximate surface area is 126 Å². The van der Waals surface area contributed by atoms with E-state index in [-0.39, 0.29) is 0 Å². The molecule has 1 aliphatic rings. The van der Waals surface area contributed by atoms with Gasteiger partial charge in [-0.3, -0.25) is 9.88 Å². The van der Waals surface area contributed by atoms with E-state index in [0.717, 1.165) is 31.0 Å². The smallest absolute Gasteiger partial charge is 0.145 e. The average molecular weight is 285 g/mol. The van der Waals surface area contributed by atoms with Gasteiger partial charge in [-0.25, -0.2) is 0 Å². The maximum Gasteiger partial charge on any atom is 0.145 e. The van der Waals surface area contributed by atoms with Crippen LogP contribution in [-0.4, -0.2) is 36.2 Å². The molecule has 4 nitrogen and oxygen atoms in total. The van der Waals surface area contributed by atoms with Crippen LogP contribution in [0, 0.1) is 0 Å². The van der Waals surface area contributed by atoms with Crippen LogP contribution in [0.3, 0.4) is 0 Å². The predicted octanol–water partition coefficient (Wildman–Crippen LogP) is 3.25. The van der Waals surface area contributed by atoms with E-state index in [1.54, 1.807) is 7.11 Å². The Balaban J connectivity index is 2.23. The molecule has 0 saturated heterocycles. The quantitative estimate of drug-likeness (QED) is 0.865. The number of anilines is 1. The van der Waals surface area contributed by atoms with Crippen molar-refractivity contribution >= 4 is 16.6 Å². The van der Waals surface area contributed by atoms with Gasteiger partial charge >= 0.3 is 0 Å². The molecule has 0 fully saturated rings. The summed E-state index contributed by atoms with van der Waals surface area (Å²) >= 11 is 0. The normalized spacial score (nSPS) is 15.6. The predicted molar refractivity (Wildman–Crippen MR) is 86.9 cm³/mol. The Hall–Kier alpha value is -1.81. The zero-order valence-electron chi connectivity index (χ0n) is 13.3. The molecule has 0 bridgehead atoms. The van der Waals surface area contributed by atoms with Crippen LogP contribution >= 0.6 is 0 Å². The van der Waals surface area contributed by atoms with Gasteiger partial charge in [0.15, 0.2) is 0 Å². The highest BCUT2D eigenvalue weighted by Crippen LogP contribution is 2.37. The van der Waals surface area contributed by atoms with E-state index in [1.165, 1.54) is 16.6 Å². The lowest BCUT2D eigenvalue weighted by atomic mass is 10.0. The second-order valence-corrected chi connectivity index (χ2v) is 5.84. The molecule has 0 amide bonds. The van der Waals surface area contributed by atoms with E-state index in [2.05, 4.69) is 41.6 Å². The number of rotatable bonds is 3. The standard InChI is InChI=1S/C17H23N3O/c1-5-19-10-13-9-18-16-14(7-6-8-15(16)21-4)17(13)20(11-19)12(2)3/h6-9,12H,5,10-11H2,1-4H3. The summed E-state index contributed by atoms with van der Waals surface area (Å²) < 4.78 is 5.47. The first-order valence-corrected chi connectivity index (χ1v) is 7.59. The SMILES string of the molecule is CCN1Cc2cnc3c(OC)cccc3c2N(C(C)C)C1. The van der Waals surface area contributed by atoms with E-state index in [9.17, 15) is 0 Å². The van der Waals surface area contributed by atoms with Crippen LogP contribution in [0.5, 0.6) is 5.75 Å². The molecule has 0 saturated carbocycles. The zero-order chi connectivity index (χ0) is 15.0. The molecule has 0 atom stereocenters. The number of hydrogen-bond acceptors (Lipinski definition) is 4. The third-order valence-corrected chi connectivity index (χ3v) is 4.23. The molecule has 0 radical (unpaired) electrons. The molecule has 2 aromatic rings. The van der Waals surface area contributed by atoms with Crippen LogP contribution in [0.2, 0.25) is 0 Å². The second-order valence-electron chi connectivity index (χ2n) is 5.84. The number of aromatic nitrogens is 1. The van der Waals surface area contributed by atoms with Gasteiger partial charge in [-0.05, 0) is 26.5 Å². The molecular formula is C17H23N3O. The van der Waals surface area contributed by atoms with Crippen molar-refractivity contribution in [3.63, 3.8) is 0 Å². The molecule has 1 aliphatic heterocycles. The number of hydrogen-bond donors (Lipinski definition) is 0. The Morgan fingerprint density at radius 1 is 1.33 bits per heavy atom. The Morgan fingerprint density at radius 2 is 2.14 bits per heavy atom. The third-order valence-electron chi connectivity index (χ3n) is 4.23. The molecule has 0 spiro atoms. The van der Waals surface area contributed by atoms with E-state index in [1.807, 2.05) is 18.3 Å². The minimum Gasteiger partial charge on any atom is -0.494 e. The van der Waals surface area contributed by atoms with E-state index >= 15 is 0 Å². The number of nitrogens with zero attached hydrogens (tertiary/aromatic N) is 3. The molecule has 1 aromatic heterocycles. The molecule has 4 heteroatoms. The van der Waals surface area contributed by atoms with Crippen molar-refractivity contribution in [2.75, 3.05) is 25.2 Å². The number of fused-ring (bicyclic) bond motifs is 3. The number of para-hydroxylation sites is 1. The molecule has 0 N–H and O–H groups in total. The monoisotopic (exact) mass is 285 g/mol. The Morgan fingerprint density at radius 3 is 2.81 bits per heavy atom. The molecule has 1 aromatic carbocycles. The topological polar surface area (TPSA) is 28.6 Å². The van der Waals surface area contributed by atoms with Gasteiger partial charge in [0, 0.05) is 29.7 Å². The van der Waals surface area contributed by atoms with Crippen molar-refractivity contribution < 1.29 is 4.74 Å². The summed E-state index contributed by atoms with van der Waals surface area (Å²) in [5.41, 5.74) is 3.57. The van der Waals surface area contributed by atoms with Gasteiger partial charge in [0.05, 0.1) is 19.5 Å². The van der Waals surface area contributed by atoms with Crippen LogP contribution in [0.1, 0.15) is 26.3 Å². The molecule has 112 valence electrons. The van der Waals surface area contributed by atoms with Gasteiger partial charge in [-0.15, -0.1) is 0 Å². The summed E-state index contributed by atoms with van der Waals surface area (Å²) in [4.78, 5) is 9.55. The largest absolute Gasteiger partial charge is 0.494 e. The van der Waals surface area contributed by atoms with Crippen molar-refractivity contribution in [2.24, 2.45) is 0 Å². The summed E-state index contributed by atoms with van der Waals surface area (Å²) in [6.07, 6.45) is 2.01. The van der Waals surface area contributed by atoms with E-state index in [0.29, 0.717) is 6.04 Å². The fourth-order valence-corrected chi connectivity index (χ4v) is 3.05. The number of ether oxygens (including phenoxy) is 1. The van der Waals surface area contributed by atoms with Crippen molar-refractivity contribution in [2.45, 2.75) is 33.4 Å². The summed E-state index contributed by atoms with van der Waals surface area (Å²) in [5, 5.41) is 1.19. The maximum atomic E-state index is 5.47. The van der Waals surface area contributed by atoms with Crippen molar-refractivity contribution in [1.29, 1.82) is 0 Å². The van der Waals surface area contributed by atoms with Gasteiger partial charge in [0.25, 0.3) is 0 Å². The van der Waals surface area contributed by atoms with Crippen LogP contribution in [-0.2, 0) is 6.54 Å². The van der Waals surface area contributed by atoms with Crippen LogP contribution in [0.25, 0.3) is 10.9 Å². The molecule has 0 aliphatic carbocycles. The third kappa shape index (κ3) is 2.33. The minimum atomic E-state index is 0.454. The van der Waals surface area contributed by atoms with E-state index < -0.39 is 0 Å². The summed E-state index contributed by atoms with van der Waals surface area (Å²) in [6.45, 7) is 9.69. The Bertz CT molecular complexity index is 654. The minimum absolute atomic E-state index is 0.454. The molecule has 2 heterocycles. The summed E-state index contributed by atoms with van der Waals surface area (Å²) in [6, 6.07) is 6.63. The zero-order valence-corrected chi connectivity index (χ0v) is 13.3. The highest BCUT2D eigenvalue weighted by molar-refractivity contribution is 5.97.